The monoisotopic (exact) mass is 648 g/mol. The summed E-state index contributed by atoms with van der Waals surface area (Å²) in [4.78, 5) is 65.4. The summed E-state index contributed by atoms with van der Waals surface area (Å²) >= 11 is 0. The van der Waals surface area contributed by atoms with Crippen LogP contribution in [0.2, 0.25) is 0 Å². The van der Waals surface area contributed by atoms with Crippen molar-refractivity contribution in [3.63, 3.8) is 0 Å². The highest BCUT2D eigenvalue weighted by Crippen LogP contribution is 2.60. The molecule has 2 fully saturated rings. The van der Waals surface area contributed by atoms with Gasteiger partial charge in [0.05, 0.1) is 5.92 Å². The molecule has 0 saturated heterocycles. The number of ether oxygens (including phenoxy) is 4. The van der Waals surface area contributed by atoms with Gasteiger partial charge in [-0.2, -0.15) is 0 Å². The van der Waals surface area contributed by atoms with Crippen molar-refractivity contribution in [1.82, 2.24) is 0 Å². The Morgan fingerprint density at radius 1 is 0.913 bits per heavy atom. The number of allylic oxidation sites excluding steroid dienone is 1. The summed E-state index contributed by atoms with van der Waals surface area (Å²) in [5.74, 6) is -5.36. The number of carbonyl (C=O) groups is 5. The van der Waals surface area contributed by atoms with Crippen molar-refractivity contribution in [3.05, 3.63) is 22.8 Å². The number of Topliss-reactive ketones (excluding diaryl/α,β-unsaturated/α-hetero) is 1. The van der Waals surface area contributed by atoms with Crippen molar-refractivity contribution in [2.24, 2.45) is 11.8 Å². The van der Waals surface area contributed by atoms with E-state index in [4.69, 9.17) is 18.9 Å². The van der Waals surface area contributed by atoms with Gasteiger partial charge >= 0.3 is 23.9 Å². The minimum absolute atomic E-state index is 0.0174. The number of carbonyl (C=O) groups excluding carboxylic acids is 5. The fourth-order valence-electron chi connectivity index (χ4n) is 7.50. The number of esters is 4. The molecule has 0 heterocycles. The van der Waals surface area contributed by atoms with Crippen LogP contribution in [0.5, 0.6) is 0 Å². The lowest BCUT2D eigenvalue weighted by atomic mass is 9.73. The Hall–Kier alpha value is -3.05. The zero-order chi connectivity index (χ0) is 34.6. The second-order valence-electron chi connectivity index (χ2n) is 13.4. The molecule has 11 heteroatoms. The molecule has 0 radical (unpaired) electrons. The number of hydrogen-bond acceptors (Lipinski definition) is 11. The summed E-state index contributed by atoms with van der Waals surface area (Å²) in [5, 5.41) is 24.1. The molecule has 2 N–H and O–H groups in total. The molecule has 0 spiro atoms. The number of rotatable bonds is 13. The third-order valence-electron chi connectivity index (χ3n) is 10.0. The minimum atomic E-state index is -2.35. The molecule has 5 unspecified atom stereocenters. The summed E-state index contributed by atoms with van der Waals surface area (Å²) in [7, 11) is 0. The molecule has 0 aromatic carbocycles. The molecule has 258 valence electrons. The first-order valence-electron chi connectivity index (χ1n) is 16.6. The van der Waals surface area contributed by atoms with E-state index in [1.807, 2.05) is 0 Å². The lowest BCUT2D eigenvalue weighted by Crippen LogP contribution is -2.63. The van der Waals surface area contributed by atoms with E-state index in [9.17, 15) is 34.2 Å². The SMILES string of the molecule is CC=C(C)C(=O)OC1C(C)=C2C3CC(=O)[C@@](C)(O)[C@@]3(O)C(OC(=O)CCC)C[C@@](C)(OC(C)=O)C2C1OC(=O)CCCCCCC. The Morgan fingerprint density at radius 2 is 1.54 bits per heavy atom. The number of hydrogen-bond donors (Lipinski definition) is 2. The fourth-order valence-corrected chi connectivity index (χ4v) is 7.50. The molecular weight excluding hydrogens is 596 g/mol. The Kier molecular flexibility index (Phi) is 12.0. The maximum absolute atomic E-state index is 13.4. The van der Waals surface area contributed by atoms with Crippen molar-refractivity contribution >= 4 is 29.7 Å². The van der Waals surface area contributed by atoms with Gasteiger partial charge in [-0.1, -0.05) is 45.6 Å². The first-order valence-corrected chi connectivity index (χ1v) is 16.6. The van der Waals surface area contributed by atoms with E-state index in [-0.39, 0.29) is 25.7 Å². The van der Waals surface area contributed by atoms with E-state index in [2.05, 4.69) is 6.92 Å². The lowest BCUT2D eigenvalue weighted by molar-refractivity contribution is -0.216. The van der Waals surface area contributed by atoms with Crippen LogP contribution in [0.3, 0.4) is 0 Å². The van der Waals surface area contributed by atoms with Gasteiger partial charge in [0.25, 0.3) is 0 Å². The lowest BCUT2D eigenvalue weighted by Gasteiger charge is -2.43. The van der Waals surface area contributed by atoms with Gasteiger partial charge in [-0.3, -0.25) is 19.2 Å². The van der Waals surface area contributed by atoms with Gasteiger partial charge in [-0.05, 0) is 58.6 Å². The van der Waals surface area contributed by atoms with Gasteiger partial charge in [0.15, 0.2) is 23.6 Å². The summed E-state index contributed by atoms with van der Waals surface area (Å²) in [6.45, 7) is 12.8. The predicted octanol–water partition coefficient (Wildman–Crippen LogP) is 4.59. The second kappa shape index (κ2) is 14.8. The molecule has 11 nitrogen and oxygen atoms in total. The molecule has 8 atom stereocenters. The van der Waals surface area contributed by atoms with Crippen molar-refractivity contribution in [2.75, 3.05) is 0 Å². The van der Waals surface area contributed by atoms with Crippen LogP contribution >= 0.6 is 0 Å². The van der Waals surface area contributed by atoms with Crippen molar-refractivity contribution in [1.29, 1.82) is 0 Å². The minimum Gasteiger partial charge on any atom is -0.459 e. The van der Waals surface area contributed by atoms with Crippen LogP contribution in [0.4, 0.5) is 0 Å². The predicted molar refractivity (Wildman–Crippen MR) is 167 cm³/mol. The van der Waals surface area contributed by atoms with E-state index in [1.165, 1.54) is 13.8 Å². The van der Waals surface area contributed by atoms with E-state index in [0.717, 1.165) is 25.7 Å². The average molecular weight is 649 g/mol. The first kappa shape index (κ1) is 37.4. The molecule has 0 aliphatic heterocycles. The average Bonchev–Trinajstić information content (AvgIpc) is 3.30. The molecule has 0 aromatic rings. The van der Waals surface area contributed by atoms with Crippen LogP contribution in [0, 0.1) is 11.8 Å². The van der Waals surface area contributed by atoms with Crippen LogP contribution in [-0.2, 0) is 42.9 Å². The van der Waals surface area contributed by atoms with Crippen molar-refractivity contribution < 1.29 is 53.1 Å². The molecule has 3 rings (SSSR count). The molecule has 3 aliphatic rings. The number of ketones is 1. The Balaban J connectivity index is 2.23. The summed E-state index contributed by atoms with van der Waals surface area (Å²) in [5.41, 5.74) is -5.21. The van der Waals surface area contributed by atoms with Crippen LogP contribution in [0.1, 0.15) is 120 Å². The molecule has 46 heavy (non-hydrogen) atoms. The normalized spacial score (nSPS) is 34.0. The summed E-state index contributed by atoms with van der Waals surface area (Å²) in [6, 6.07) is 0. The van der Waals surface area contributed by atoms with Crippen LogP contribution in [-0.4, -0.2) is 75.0 Å². The Morgan fingerprint density at radius 3 is 2.13 bits per heavy atom. The summed E-state index contributed by atoms with van der Waals surface area (Å²) < 4.78 is 23.9. The zero-order valence-electron chi connectivity index (χ0n) is 28.6. The summed E-state index contributed by atoms with van der Waals surface area (Å²) in [6.07, 6.45) is 2.16. The molecule has 0 bridgehead atoms. The quantitative estimate of drug-likeness (QED) is 0.0944. The second-order valence-corrected chi connectivity index (χ2v) is 13.4. The molecule has 0 amide bonds. The standard InChI is InChI=1S/C35H52O11/c1-9-12-13-14-15-17-27(39)44-31-29-28(21(5)30(31)45-32(40)20(4)11-3)23-18-24(37)34(8,41)35(23,42)25(43-26(38)16-10-2)19-33(29,7)46-22(6)36/h11,23,25,29-31,41-42H,9-10,12-19H2,1-8H3/t23?,25?,29?,30?,31?,33-,34-,35+/m1/s1. The molecule has 2 saturated carbocycles. The van der Waals surface area contributed by atoms with Gasteiger partial charge < -0.3 is 29.2 Å². The van der Waals surface area contributed by atoms with Crippen molar-refractivity contribution in [2.45, 2.75) is 155 Å². The molecular formula is C35H52O11. The first-order chi connectivity index (χ1) is 21.5. The third kappa shape index (κ3) is 7.10. The number of unbranched alkanes of at least 4 members (excludes halogenated alkanes) is 4. The maximum Gasteiger partial charge on any atom is 0.334 e. The van der Waals surface area contributed by atoms with E-state index in [1.54, 1.807) is 40.7 Å². The highest BCUT2D eigenvalue weighted by Gasteiger charge is 2.73. The largest absolute Gasteiger partial charge is 0.459 e. The Labute approximate surface area is 272 Å². The number of fused-ring (bicyclic) bond motifs is 3. The molecule has 0 aromatic heterocycles. The topological polar surface area (TPSA) is 163 Å². The van der Waals surface area contributed by atoms with E-state index in [0.29, 0.717) is 29.6 Å². The Bertz CT molecular complexity index is 1260. The maximum atomic E-state index is 13.4. The van der Waals surface area contributed by atoms with E-state index < -0.39 is 76.6 Å². The highest BCUT2D eigenvalue weighted by atomic mass is 16.6. The van der Waals surface area contributed by atoms with Crippen LogP contribution in [0.25, 0.3) is 0 Å². The fraction of sp³-hybridized carbons (Fsp3) is 0.743. The van der Waals surface area contributed by atoms with E-state index >= 15 is 0 Å². The van der Waals surface area contributed by atoms with Gasteiger partial charge in [-0.25, -0.2) is 4.79 Å². The zero-order valence-corrected chi connectivity index (χ0v) is 28.6. The van der Waals surface area contributed by atoms with Gasteiger partial charge in [0.2, 0.25) is 0 Å². The van der Waals surface area contributed by atoms with Gasteiger partial charge in [0, 0.05) is 44.1 Å². The third-order valence-corrected chi connectivity index (χ3v) is 10.0. The van der Waals surface area contributed by atoms with Crippen molar-refractivity contribution in [3.8, 4) is 0 Å². The van der Waals surface area contributed by atoms with Crippen LogP contribution in [0.15, 0.2) is 22.8 Å². The molecule has 3 aliphatic carbocycles. The van der Waals surface area contributed by atoms with Gasteiger partial charge in [-0.15, -0.1) is 0 Å². The highest BCUT2D eigenvalue weighted by molar-refractivity contribution is 5.92. The number of aliphatic hydroxyl groups is 2. The van der Waals surface area contributed by atoms with Crippen LogP contribution < -0.4 is 0 Å². The smallest absolute Gasteiger partial charge is 0.334 e. The van der Waals surface area contributed by atoms with Gasteiger partial charge in [0.1, 0.15) is 17.3 Å².